The van der Waals surface area contributed by atoms with E-state index in [0.717, 1.165) is 8.79 Å². The number of nitrogens with zero attached hydrogens (tertiary/aromatic N) is 3. The quantitative estimate of drug-likeness (QED) is 0.891. The number of rotatable bonds is 4. The van der Waals surface area contributed by atoms with Crippen LogP contribution in [0.5, 0.6) is 0 Å². The number of aryl methyl sites for hydroxylation is 1. The maximum Gasteiger partial charge on any atom is 0.264 e. The molecule has 0 spiro atoms. The molecule has 0 fully saturated rings. The number of amides is 2. The molecule has 6 nitrogen and oxygen atoms in total. The van der Waals surface area contributed by atoms with Gasteiger partial charge in [-0.25, -0.2) is 0 Å². The van der Waals surface area contributed by atoms with Crippen LogP contribution in [0.2, 0.25) is 0 Å². The Hall–Kier alpha value is -1.32. The molecule has 1 N–H and O–H groups in total. The Bertz CT molecular complexity index is 640. The Balaban J connectivity index is 1.92. The third-order valence-electron chi connectivity index (χ3n) is 2.28. The van der Waals surface area contributed by atoms with Crippen LogP contribution in [0.25, 0.3) is 0 Å². The highest BCUT2D eigenvalue weighted by Crippen LogP contribution is 2.23. The van der Waals surface area contributed by atoms with Crippen molar-refractivity contribution in [1.82, 2.24) is 15.1 Å². The van der Waals surface area contributed by atoms with Gasteiger partial charge in [0.25, 0.3) is 5.91 Å². The summed E-state index contributed by atoms with van der Waals surface area (Å²) in [5.74, 6) is -0.489. The summed E-state index contributed by atoms with van der Waals surface area (Å²) in [6, 6.07) is 3.52. The van der Waals surface area contributed by atoms with Gasteiger partial charge < -0.3 is 4.90 Å². The molecule has 2 amide bonds. The van der Waals surface area contributed by atoms with Crippen LogP contribution in [-0.2, 0) is 4.79 Å². The van der Waals surface area contributed by atoms with Crippen molar-refractivity contribution >= 4 is 55.5 Å². The van der Waals surface area contributed by atoms with E-state index in [-0.39, 0.29) is 18.4 Å². The molecule has 0 aliphatic rings. The number of thiophene rings is 1. The minimum absolute atomic E-state index is 0.0347. The molecule has 106 valence electrons. The number of carbonyl (C=O) groups excluding carboxylic acids is 2. The molecule has 20 heavy (non-hydrogen) atoms. The zero-order chi connectivity index (χ0) is 14.7. The summed E-state index contributed by atoms with van der Waals surface area (Å²) in [4.78, 5) is 25.8. The van der Waals surface area contributed by atoms with Gasteiger partial charge in [-0.15, -0.1) is 21.5 Å². The molecule has 2 rings (SSSR count). The van der Waals surface area contributed by atoms with Crippen molar-refractivity contribution < 1.29 is 9.59 Å². The predicted molar refractivity (Wildman–Crippen MR) is 82.3 cm³/mol. The van der Waals surface area contributed by atoms with Crippen LogP contribution in [0.3, 0.4) is 0 Å². The summed E-state index contributed by atoms with van der Waals surface area (Å²) in [7, 11) is 1.58. The lowest BCUT2D eigenvalue weighted by Gasteiger charge is -2.14. The molecule has 0 atom stereocenters. The number of hydrogen-bond donors (Lipinski definition) is 1. The van der Waals surface area contributed by atoms with Gasteiger partial charge in [0.15, 0.2) is 0 Å². The first kappa shape index (κ1) is 15.1. The van der Waals surface area contributed by atoms with Crippen LogP contribution in [0, 0.1) is 6.92 Å². The van der Waals surface area contributed by atoms with E-state index in [1.807, 2.05) is 0 Å². The van der Waals surface area contributed by atoms with Gasteiger partial charge in [0, 0.05) is 7.05 Å². The molecule has 0 bridgehead atoms. The van der Waals surface area contributed by atoms with Crippen molar-refractivity contribution in [3.8, 4) is 0 Å². The number of carbonyl (C=O) groups is 2. The van der Waals surface area contributed by atoms with Gasteiger partial charge in [-0.2, -0.15) is 0 Å². The second-order valence-corrected chi connectivity index (χ2v) is 7.58. The normalized spacial score (nSPS) is 10.3. The number of hydrogen-bond acceptors (Lipinski definition) is 6. The zero-order valence-electron chi connectivity index (χ0n) is 10.7. The molecule has 2 aromatic heterocycles. The summed E-state index contributed by atoms with van der Waals surface area (Å²) >= 11 is 5.92. The van der Waals surface area contributed by atoms with Crippen LogP contribution in [-0.4, -0.2) is 40.5 Å². The molecule has 2 aromatic rings. The van der Waals surface area contributed by atoms with Gasteiger partial charge in [-0.3, -0.25) is 14.9 Å². The SMILES string of the molecule is Cc1nnc(NC(=O)CN(C)C(=O)c2ccc(Br)s2)s1. The maximum atomic E-state index is 12.1. The molecule has 0 saturated heterocycles. The highest BCUT2D eigenvalue weighted by molar-refractivity contribution is 9.11. The van der Waals surface area contributed by atoms with Crippen molar-refractivity contribution in [3.63, 3.8) is 0 Å². The number of likely N-dealkylation sites (N-methyl/N-ethyl adjacent to an activating group) is 1. The van der Waals surface area contributed by atoms with E-state index >= 15 is 0 Å². The molecular weight excluding hydrogens is 364 g/mol. The number of aromatic nitrogens is 2. The van der Waals surface area contributed by atoms with Crippen LogP contribution in [0.1, 0.15) is 14.7 Å². The second-order valence-electron chi connectivity index (χ2n) is 3.94. The molecule has 2 heterocycles. The van der Waals surface area contributed by atoms with Crippen LogP contribution < -0.4 is 5.32 Å². The third-order valence-corrected chi connectivity index (χ3v) is 4.65. The summed E-state index contributed by atoms with van der Waals surface area (Å²) in [6.45, 7) is 1.77. The highest BCUT2D eigenvalue weighted by atomic mass is 79.9. The fourth-order valence-corrected chi connectivity index (χ4v) is 3.40. The average molecular weight is 375 g/mol. The fourth-order valence-electron chi connectivity index (χ4n) is 1.41. The van der Waals surface area contributed by atoms with E-state index in [2.05, 4.69) is 31.4 Å². The largest absolute Gasteiger partial charge is 0.332 e. The number of halogens is 1. The third kappa shape index (κ3) is 3.84. The lowest BCUT2D eigenvalue weighted by atomic mass is 10.4. The molecule has 0 aliphatic heterocycles. The number of nitrogens with one attached hydrogen (secondary N) is 1. The Morgan fingerprint density at radius 1 is 1.35 bits per heavy atom. The van der Waals surface area contributed by atoms with E-state index in [0.29, 0.717) is 10.0 Å². The molecule has 9 heteroatoms. The van der Waals surface area contributed by atoms with Crippen molar-refractivity contribution in [3.05, 3.63) is 25.8 Å². The number of anilines is 1. The topological polar surface area (TPSA) is 75.2 Å². The van der Waals surface area contributed by atoms with Crippen molar-refractivity contribution in [2.45, 2.75) is 6.92 Å². The van der Waals surface area contributed by atoms with E-state index in [9.17, 15) is 9.59 Å². The predicted octanol–water partition coefficient (Wildman–Crippen LogP) is 2.38. The minimum Gasteiger partial charge on any atom is -0.332 e. The summed E-state index contributed by atoms with van der Waals surface area (Å²) in [5, 5.41) is 11.4. The summed E-state index contributed by atoms with van der Waals surface area (Å²) in [6.07, 6.45) is 0. The monoisotopic (exact) mass is 374 g/mol. The minimum atomic E-state index is -0.298. The zero-order valence-corrected chi connectivity index (χ0v) is 13.9. The molecule has 0 aromatic carbocycles. The van der Waals surface area contributed by atoms with Crippen molar-refractivity contribution in [2.75, 3.05) is 18.9 Å². The Labute approximate surface area is 132 Å². The van der Waals surface area contributed by atoms with E-state index in [1.54, 1.807) is 26.1 Å². The summed E-state index contributed by atoms with van der Waals surface area (Å²) in [5.41, 5.74) is 0. The summed E-state index contributed by atoms with van der Waals surface area (Å²) < 4.78 is 0.878. The van der Waals surface area contributed by atoms with E-state index in [1.165, 1.54) is 27.6 Å². The van der Waals surface area contributed by atoms with Crippen LogP contribution >= 0.6 is 38.6 Å². The van der Waals surface area contributed by atoms with Gasteiger partial charge in [-0.05, 0) is 35.0 Å². The molecule has 0 radical (unpaired) electrons. The lowest BCUT2D eigenvalue weighted by molar-refractivity contribution is -0.116. The van der Waals surface area contributed by atoms with Gasteiger partial charge in [0.1, 0.15) is 5.01 Å². The molecule has 0 aliphatic carbocycles. The Morgan fingerprint density at radius 3 is 2.65 bits per heavy atom. The Kier molecular flexibility index (Phi) is 4.84. The molecule has 0 unspecified atom stereocenters. The van der Waals surface area contributed by atoms with Gasteiger partial charge in [-0.1, -0.05) is 11.3 Å². The highest BCUT2D eigenvalue weighted by Gasteiger charge is 2.17. The average Bonchev–Trinajstić information content (AvgIpc) is 2.97. The standard InChI is InChI=1S/C11H11BrN4O2S2/c1-6-14-15-11(19-6)13-9(17)5-16(2)10(18)7-3-4-8(12)20-7/h3-4H,5H2,1-2H3,(H,13,15,17). The van der Waals surface area contributed by atoms with Crippen LogP contribution in [0.15, 0.2) is 15.9 Å². The van der Waals surface area contributed by atoms with Gasteiger partial charge >= 0.3 is 0 Å². The van der Waals surface area contributed by atoms with Gasteiger partial charge in [0.2, 0.25) is 11.0 Å². The first-order chi connectivity index (χ1) is 9.45. The Morgan fingerprint density at radius 2 is 2.10 bits per heavy atom. The first-order valence-electron chi connectivity index (χ1n) is 5.56. The first-order valence-corrected chi connectivity index (χ1v) is 7.99. The van der Waals surface area contributed by atoms with E-state index in [4.69, 9.17) is 0 Å². The van der Waals surface area contributed by atoms with Crippen molar-refractivity contribution in [2.24, 2.45) is 0 Å². The molecular formula is C11H11BrN4O2S2. The van der Waals surface area contributed by atoms with Crippen molar-refractivity contribution in [1.29, 1.82) is 0 Å². The fraction of sp³-hybridized carbons (Fsp3) is 0.273. The molecule has 0 saturated carbocycles. The van der Waals surface area contributed by atoms with E-state index < -0.39 is 0 Å². The maximum absolute atomic E-state index is 12.1. The smallest absolute Gasteiger partial charge is 0.264 e. The van der Waals surface area contributed by atoms with Gasteiger partial charge in [0.05, 0.1) is 15.2 Å². The second kappa shape index (κ2) is 6.42. The van der Waals surface area contributed by atoms with Crippen LogP contribution in [0.4, 0.5) is 5.13 Å². The lowest BCUT2D eigenvalue weighted by Crippen LogP contribution is -2.34.